The Morgan fingerprint density at radius 2 is 2.04 bits per heavy atom. The van der Waals surface area contributed by atoms with Gasteiger partial charge in [-0.3, -0.25) is 4.79 Å². The van der Waals surface area contributed by atoms with Gasteiger partial charge in [0.05, 0.1) is 17.2 Å². The van der Waals surface area contributed by atoms with Crippen LogP contribution < -0.4 is 4.90 Å². The summed E-state index contributed by atoms with van der Waals surface area (Å²) in [5.41, 5.74) is 3.76. The summed E-state index contributed by atoms with van der Waals surface area (Å²) in [6.07, 6.45) is 0. The zero-order valence-corrected chi connectivity index (χ0v) is 14.0. The highest BCUT2D eigenvalue weighted by atomic mass is 32.2. The molecule has 2 aromatic rings. The molecule has 0 atom stereocenters. The molecular weight excluding hydrogens is 308 g/mol. The SMILES string of the molecule is C/C(=N/OCc1ccccc1)c1ccc2c(c1)N(C)C(=O)CS2. The van der Waals surface area contributed by atoms with E-state index in [9.17, 15) is 4.79 Å². The van der Waals surface area contributed by atoms with Crippen molar-refractivity contribution >= 4 is 29.1 Å². The molecule has 0 aliphatic carbocycles. The van der Waals surface area contributed by atoms with Gasteiger partial charge in [0.15, 0.2) is 0 Å². The van der Waals surface area contributed by atoms with E-state index >= 15 is 0 Å². The van der Waals surface area contributed by atoms with Gasteiger partial charge in [0, 0.05) is 17.5 Å². The normalized spacial score (nSPS) is 14.6. The van der Waals surface area contributed by atoms with Crippen molar-refractivity contribution in [1.29, 1.82) is 0 Å². The number of fused-ring (bicyclic) bond motifs is 1. The zero-order chi connectivity index (χ0) is 16.2. The minimum atomic E-state index is 0.120. The third kappa shape index (κ3) is 3.56. The maximum absolute atomic E-state index is 11.8. The molecule has 2 aromatic carbocycles. The zero-order valence-electron chi connectivity index (χ0n) is 13.2. The predicted molar refractivity (Wildman–Crippen MR) is 94.0 cm³/mol. The van der Waals surface area contributed by atoms with Crippen LogP contribution >= 0.6 is 11.8 Å². The van der Waals surface area contributed by atoms with Crippen molar-refractivity contribution in [2.45, 2.75) is 18.4 Å². The molecule has 4 nitrogen and oxygen atoms in total. The van der Waals surface area contributed by atoms with Crippen molar-refractivity contribution in [3.05, 3.63) is 59.7 Å². The highest BCUT2D eigenvalue weighted by Crippen LogP contribution is 2.35. The summed E-state index contributed by atoms with van der Waals surface area (Å²) < 4.78 is 0. The average molecular weight is 326 g/mol. The van der Waals surface area contributed by atoms with Crippen molar-refractivity contribution in [2.75, 3.05) is 17.7 Å². The molecule has 5 heteroatoms. The van der Waals surface area contributed by atoms with Gasteiger partial charge < -0.3 is 9.74 Å². The minimum Gasteiger partial charge on any atom is -0.391 e. The summed E-state index contributed by atoms with van der Waals surface area (Å²) in [7, 11) is 1.81. The second-order valence-electron chi connectivity index (χ2n) is 5.36. The lowest BCUT2D eigenvalue weighted by molar-refractivity contribution is -0.116. The third-order valence-electron chi connectivity index (χ3n) is 3.74. The first-order chi connectivity index (χ1) is 11.1. The van der Waals surface area contributed by atoms with Crippen LogP contribution in [-0.2, 0) is 16.2 Å². The number of thioether (sulfide) groups is 1. The van der Waals surface area contributed by atoms with Crippen LogP contribution in [-0.4, -0.2) is 24.4 Å². The van der Waals surface area contributed by atoms with Gasteiger partial charge in [-0.15, -0.1) is 11.8 Å². The number of oxime groups is 1. The first kappa shape index (κ1) is 15.6. The Morgan fingerprint density at radius 3 is 2.83 bits per heavy atom. The van der Waals surface area contributed by atoms with Crippen molar-refractivity contribution in [2.24, 2.45) is 5.16 Å². The number of carbonyl (C=O) groups excluding carboxylic acids is 1. The van der Waals surface area contributed by atoms with Crippen LogP contribution in [0.25, 0.3) is 0 Å². The summed E-state index contributed by atoms with van der Waals surface area (Å²) in [5, 5.41) is 4.19. The lowest BCUT2D eigenvalue weighted by Crippen LogP contribution is -2.31. The second kappa shape index (κ2) is 6.87. The molecule has 0 aromatic heterocycles. The molecular formula is C18H18N2O2S. The minimum absolute atomic E-state index is 0.120. The maximum Gasteiger partial charge on any atom is 0.237 e. The van der Waals surface area contributed by atoms with Crippen molar-refractivity contribution in [3.63, 3.8) is 0 Å². The van der Waals surface area contributed by atoms with Crippen LogP contribution in [0.2, 0.25) is 0 Å². The van der Waals surface area contributed by atoms with Crippen LogP contribution in [0.1, 0.15) is 18.1 Å². The highest BCUT2D eigenvalue weighted by Gasteiger charge is 2.21. The molecule has 0 unspecified atom stereocenters. The molecule has 0 bridgehead atoms. The van der Waals surface area contributed by atoms with Crippen molar-refractivity contribution < 1.29 is 9.63 Å². The topological polar surface area (TPSA) is 41.9 Å². The molecule has 118 valence electrons. The fourth-order valence-corrected chi connectivity index (χ4v) is 3.31. The maximum atomic E-state index is 11.8. The molecule has 1 amide bonds. The molecule has 0 spiro atoms. The first-order valence-electron chi connectivity index (χ1n) is 7.39. The number of anilines is 1. The number of rotatable bonds is 4. The first-order valence-corrected chi connectivity index (χ1v) is 8.38. The number of amides is 1. The number of hydrogen-bond acceptors (Lipinski definition) is 4. The average Bonchev–Trinajstić information content (AvgIpc) is 2.59. The van der Waals surface area contributed by atoms with Gasteiger partial charge in [0.25, 0.3) is 0 Å². The van der Waals surface area contributed by atoms with E-state index < -0.39 is 0 Å². The molecule has 0 saturated heterocycles. The largest absolute Gasteiger partial charge is 0.391 e. The Morgan fingerprint density at radius 1 is 1.26 bits per heavy atom. The summed E-state index contributed by atoms with van der Waals surface area (Å²) in [6, 6.07) is 16.0. The smallest absolute Gasteiger partial charge is 0.237 e. The Labute approximate surface area is 140 Å². The second-order valence-corrected chi connectivity index (χ2v) is 6.38. The number of hydrogen-bond donors (Lipinski definition) is 0. The van der Waals surface area contributed by atoms with Crippen LogP contribution in [0.15, 0.2) is 58.6 Å². The van der Waals surface area contributed by atoms with E-state index in [1.54, 1.807) is 16.7 Å². The monoisotopic (exact) mass is 326 g/mol. The summed E-state index contributed by atoms with van der Waals surface area (Å²) in [6.45, 7) is 2.35. The van der Waals surface area contributed by atoms with Crippen molar-refractivity contribution in [1.82, 2.24) is 0 Å². The van der Waals surface area contributed by atoms with Gasteiger partial charge >= 0.3 is 0 Å². The van der Waals surface area contributed by atoms with Crippen LogP contribution in [0.4, 0.5) is 5.69 Å². The van der Waals surface area contributed by atoms with Crippen LogP contribution in [0.5, 0.6) is 0 Å². The Kier molecular flexibility index (Phi) is 4.67. The summed E-state index contributed by atoms with van der Waals surface area (Å²) >= 11 is 1.57. The lowest BCUT2D eigenvalue weighted by atomic mass is 10.1. The quantitative estimate of drug-likeness (QED) is 0.635. The Balaban J connectivity index is 1.73. The molecule has 23 heavy (non-hydrogen) atoms. The fourth-order valence-electron chi connectivity index (χ4n) is 2.33. The van der Waals surface area contributed by atoms with E-state index in [1.807, 2.05) is 62.5 Å². The van der Waals surface area contributed by atoms with Gasteiger partial charge in [-0.1, -0.05) is 41.6 Å². The number of benzene rings is 2. The number of nitrogens with zero attached hydrogens (tertiary/aromatic N) is 2. The molecule has 0 saturated carbocycles. The standard InChI is InChI=1S/C18H18N2O2S/c1-13(19-22-11-14-6-4-3-5-7-14)15-8-9-17-16(10-15)20(2)18(21)12-23-17/h3-10H,11-12H2,1-2H3/b19-13-. The van der Waals surface area contributed by atoms with E-state index in [1.165, 1.54) is 0 Å². The van der Waals surface area contributed by atoms with Gasteiger partial charge in [-0.25, -0.2) is 0 Å². The van der Waals surface area contributed by atoms with E-state index in [2.05, 4.69) is 5.16 Å². The molecule has 1 heterocycles. The van der Waals surface area contributed by atoms with E-state index in [0.717, 1.165) is 27.4 Å². The molecule has 0 radical (unpaired) electrons. The van der Waals surface area contributed by atoms with E-state index in [4.69, 9.17) is 4.84 Å². The highest BCUT2D eigenvalue weighted by molar-refractivity contribution is 8.00. The van der Waals surface area contributed by atoms with Crippen molar-refractivity contribution in [3.8, 4) is 0 Å². The molecule has 0 N–H and O–H groups in total. The molecule has 1 aliphatic heterocycles. The molecule has 0 fully saturated rings. The van der Waals surface area contributed by atoms with E-state index in [0.29, 0.717) is 12.4 Å². The Bertz CT molecular complexity index is 744. The van der Waals surface area contributed by atoms with E-state index in [-0.39, 0.29) is 5.91 Å². The lowest BCUT2D eigenvalue weighted by Gasteiger charge is -2.25. The summed E-state index contributed by atoms with van der Waals surface area (Å²) in [5.74, 6) is 0.616. The van der Waals surface area contributed by atoms with Gasteiger partial charge in [0.2, 0.25) is 5.91 Å². The third-order valence-corrected chi connectivity index (χ3v) is 4.79. The van der Waals surface area contributed by atoms with Crippen LogP contribution in [0.3, 0.4) is 0 Å². The van der Waals surface area contributed by atoms with Gasteiger partial charge in [-0.05, 0) is 24.6 Å². The van der Waals surface area contributed by atoms with Gasteiger partial charge in [0.1, 0.15) is 6.61 Å². The number of carbonyl (C=O) groups is 1. The predicted octanol–water partition coefficient (Wildman–Crippen LogP) is 3.70. The van der Waals surface area contributed by atoms with Crippen LogP contribution in [0, 0.1) is 0 Å². The summed E-state index contributed by atoms with van der Waals surface area (Å²) in [4.78, 5) is 20.1. The fraction of sp³-hybridized carbons (Fsp3) is 0.222. The molecule has 3 rings (SSSR count). The molecule has 1 aliphatic rings. The van der Waals surface area contributed by atoms with Gasteiger partial charge in [-0.2, -0.15) is 0 Å². The Hall–Kier alpha value is -2.27.